The van der Waals surface area contributed by atoms with Gasteiger partial charge in [0.25, 0.3) is 0 Å². The van der Waals surface area contributed by atoms with E-state index in [0.29, 0.717) is 18.9 Å². The van der Waals surface area contributed by atoms with Crippen LogP contribution >= 0.6 is 0 Å². The summed E-state index contributed by atoms with van der Waals surface area (Å²) in [6, 6.07) is 10.7. The number of hydrogen-bond donors (Lipinski definition) is 2. The molecule has 1 aliphatic heterocycles. The average Bonchev–Trinajstić information content (AvgIpc) is 2.61. The van der Waals surface area contributed by atoms with Crippen LogP contribution in [0.3, 0.4) is 0 Å². The predicted molar refractivity (Wildman–Crippen MR) is 107 cm³/mol. The highest BCUT2D eigenvalue weighted by molar-refractivity contribution is 5.80. The summed E-state index contributed by atoms with van der Waals surface area (Å²) in [7, 11) is 4.17. The van der Waals surface area contributed by atoms with Crippen molar-refractivity contribution >= 4 is 11.9 Å². The van der Waals surface area contributed by atoms with E-state index < -0.39 is 0 Å². The van der Waals surface area contributed by atoms with Crippen molar-refractivity contribution in [2.75, 3.05) is 40.3 Å². The van der Waals surface area contributed by atoms with Gasteiger partial charge in [-0.05, 0) is 45.3 Å². The first kappa shape index (κ1) is 20.2. The molecule has 2 atom stereocenters. The van der Waals surface area contributed by atoms with Crippen LogP contribution in [0.25, 0.3) is 0 Å². The quantitative estimate of drug-likeness (QED) is 0.575. The van der Waals surface area contributed by atoms with Gasteiger partial charge in [0.05, 0.1) is 12.6 Å². The van der Waals surface area contributed by atoms with Crippen molar-refractivity contribution < 1.29 is 4.79 Å². The number of likely N-dealkylation sites (tertiary alicyclic amines) is 1. The highest BCUT2D eigenvalue weighted by atomic mass is 16.1. The molecule has 6 nitrogen and oxygen atoms in total. The molecule has 0 spiro atoms. The van der Waals surface area contributed by atoms with Gasteiger partial charge in [-0.3, -0.25) is 9.79 Å². The van der Waals surface area contributed by atoms with E-state index in [2.05, 4.69) is 60.4 Å². The Kier molecular flexibility index (Phi) is 7.91. The molecular formula is C20H33N5O. The molecule has 0 bridgehead atoms. The summed E-state index contributed by atoms with van der Waals surface area (Å²) < 4.78 is 0. The number of aliphatic imine (C=N–C) groups is 1. The molecule has 1 heterocycles. The summed E-state index contributed by atoms with van der Waals surface area (Å²) in [5.74, 6) is 1.05. The third-order valence-electron chi connectivity index (χ3n) is 4.86. The number of carbonyl (C=O) groups excluding carboxylic acids is 1. The van der Waals surface area contributed by atoms with E-state index >= 15 is 0 Å². The van der Waals surface area contributed by atoms with Crippen molar-refractivity contribution in [3.8, 4) is 0 Å². The van der Waals surface area contributed by atoms with Gasteiger partial charge in [-0.2, -0.15) is 0 Å². The number of rotatable bonds is 7. The van der Waals surface area contributed by atoms with Crippen LogP contribution in [-0.4, -0.2) is 61.9 Å². The van der Waals surface area contributed by atoms with E-state index in [1.807, 2.05) is 6.07 Å². The Balaban J connectivity index is 2.10. The second-order valence-corrected chi connectivity index (χ2v) is 7.21. The Morgan fingerprint density at radius 3 is 2.73 bits per heavy atom. The first-order valence-electron chi connectivity index (χ1n) is 9.54. The zero-order valence-electron chi connectivity index (χ0n) is 16.3. The van der Waals surface area contributed by atoms with Crippen LogP contribution < -0.4 is 11.1 Å². The first-order chi connectivity index (χ1) is 12.5. The number of piperidine rings is 1. The van der Waals surface area contributed by atoms with Crippen LogP contribution in [0.2, 0.25) is 0 Å². The van der Waals surface area contributed by atoms with Crippen molar-refractivity contribution in [3.05, 3.63) is 35.9 Å². The van der Waals surface area contributed by atoms with E-state index in [1.54, 1.807) is 0 Å². The monoisotopic (exact) mass is 359 g/mol. The fourth-order valence-corrected chi connectivity index (χ4v) is 3.55. The van der Waals surface area contributed by atoms with Gasteiger partial charge < -0.3 is 20.9 Å². The van der Waals surface area contributed by atoms with Crippen LogP contribution in [0, 0.1) is 5.92 Å². The first-order valence-corrected chi connectivity index (χ1v) is 9.54. The molecule has 6 heteroatoms. The Morgan fingerprint density at radius 1 is 1.38 bits per heavy atom. The van der Waals surface area contributed by atoms with E-state index in [9.17, 15) is 4.79 Å². The molecule has 1 aliphatic rings. The number of guanidine groups is 1. The Bertz CT molecular complexity index is 587. The van der Waals surface area contributed by atoms with E-state index in [0.717, 1.165) is 38.4 Å². The highest BCUT2D eigenvalue weighted by Gasteiger charge is 2.24. The Morgan fingerprint density at radius 2 is 2.12 bits per heavy atom. The third kappa shape index (κ3) is 6.02. The number of hydrogen-bond acceptors (Lipinski definition) is 3. The van der Waals surface area contributed by atoms with Gasteiger partial charge in [0.1, 0.15) is 0 Å². The molecule has 1 fully saturated rings. The molecule has 0 aromatic heterocycles. The standard InChI is InChI=1S/C20H33N5O/c1-4-22-20(25-12-8-9-16(15-25)13-19(21)26)23-14-18(24(2)3)17-10-6-5-7-11-17/h5-7,10-11,16,18H,4,8-9,12-15H2,1-3H3,(H2,21,26)(H,22,23). The van der Waals surface area contributed by atoms with Crippen LogP contribution in [-0.2, 0) is 4.79 Å². The fraction of sp³-hybridized carbons (Fsp3) is 0.600. The van der Waals surface area contributed by atoms with Gasteiger partial charge in [0, 0.05) is 26.1 Å². The molecule has 0 radical (unpaired) electrons. The number of likely N-dealkylation sites (N-methyl/N-ethyl adjacent to an activating group) is 1. The molecule has 144 valence electrons. The lowest BCUT2D eigenvalue weighted by atomic mass is 9.95. The Hall–Kier alpha value is -2.08. The summed E-state index contributed by atoms with van der Waals surface area (Å²) in [5, 5.41) is 3.41. The SMILES string of the molecule is CCNC(=NCC(c1ccccc1)N(C)C)N1CCCC(CC(N)=O)C1. The second kappa shape index (κ2) is 10.2. The maximum absolute atomic E-state index is 11.3. The minimum absolute atomic E-state index is 0.212. The molecule has 26 heavy (non-hydrogen) atoms. The van der Waals surface area contributed by atoms with E-state index in [-0.39, 0.29) is 11.9 Å². The lowest BCUT2D eigenvalue weighted by Gasteiger charge is -2.35. The topological polar surface area (TPSA) is 74.0 Å². The molecule has 2 rings (SSSR count). The van der Waals surface area contributed by atoms with Crippen molar-refractivity contribution in [1.29, 1.82) is 0 Å². The van der Waals surface area contributed by atoms with Gasteiger partial charge in [0.2, 0.25) is 5.91 Å². The number of carbonyl (C=O) groups is 1. The fourth-order valence-electron chi connectivity index (χ4n) is 3.55. The normalized spacial score (nSPS) is 19.5. The molecule has 1 aromatic rings. The van der Waals surface area contributed by atoms with Gasteiger partial charge in [-0.15, -0.1) is 0 Å². The number of nitrogens with two attached hydrogens (primary N) is 1. The van der Waals surface area contributed by atoms with Crippen molar-refractivity contribution in [3.63, 3.8) is 0 Å². The van der Waals surface area contributed by atoms with Crippen LogP contribution in [0.5, 0.6) is 0 Å². The smallest absolute Gasteiger partial charge is 0.217 e. The molecular weight excluding hydrogens is 326 g/mol. The van der Waals surface area contributed by atoms with Crippen molar-refractivity contribution in [2.45, 2.75) is 32.2 Å². The van der Waals surface area contributed by atoms with Gasteiger partial charge in [0.15, 0.2) is 5.96 Å². The third-order valence-corrected chi connectivity index (χ3v) is 4.86. The summed E-state index contributed by atoms with van der Waals surface area (Å²) in [6.07, 6.45) is 2.58. The average molecular weight is 360 g/mol. The van der Waals surface area contributed by atoms with Gasteiger partial charge in [-0.25, -0.2) is 0 Å². The number of nitrogens with zero attached hydrogens (tertiary/aromatic N) is 3. The highest BCUT2D eigenvalue weighted by Crippen LogP contribution is 2.21. The molecule has 0 aliphatic carbocycles. The summed E-state index contributed by atoms with van der Waals surface area (Å²) in [4.78, 5) is 20.7. The van der Waals surface area contributed by atoms with E-state index in [4.69, 9.17) is 10.7 Å². The minimum atomic E-state index is -0.212. The molecule has 0 saturated carbocycles. The largest absolute Gasteiger partial charge is 0.370 e. The zero-order valence-corrected chi connectivity index (χ0v) is 16.3. The van der Waals surface area contributed by atoms with Crippen LogP contribution in [0.4, 0.5) is 0 Å². The molecule has 2 unspecified atom stereocenters. The predicted octanol–water partition coefficient (Wildman–Crippen LogP) is 1.84. The molecule has 1 amide bonds. The number of primary amides is 1. The molecule has 1 aromatic carbocycles. The second-order valence-electron chi connectivity index (χ2n) is 7.21. The summed E-state index contributed by atoms with van der Waals surface area (Å²) in [5.41, 5.74) is 6.66. The number of nitrogens with one attached hydrogen (secondary N) is 1. The summed E-state index contributed by atoms with van der Waals surface area (Å²) >= 11 is 0. The Labute approximate surface area is 157 Å². The minimum Gasteiger partial charge on any atom is -0.370 e. The van der Waals surface area contributed by atoms with Crippen LogP contribution in [0.1, 0.15) is 37.8 Å². The molecule has 1 saturated heterocycles. The lowest BCUT2D eigenvalue weighted by Crippen LogP contribution is -2.47. The van der Waals surface area contributed by atoms with E-state index in [1.165, 1.54) is 5.56 Å². The van der Waals surface area contributed by atoms with Gasteiger partial charge in [-0.1, -0.05) is 30.3 Å². The zero-order chi connectivity index (χ0) is 18.9. The number of benzene rings is 1. The maximum Gasteiger partial charge on any atom is 0.217 e. The maximum atomic E-state index is 11.3. The number of amides is 1. The van der Waals surface area contributed by atoms with Crippen molar-refractivity contribution in [1.82, 2.24) is 15.1 Å². The summed E-state index contributed by atoms with van der Waals surface area (Å²) in [6.45, 7) is 5.41. The van der Waals surface area contributed by atoms with Crippen LogP contribution in [0.15, 0.2) is 35.3 Å². The lowest BCUT2D eigenvalue weighted by molar-refractivity contribution is -0.119. The molecule has 3 N–H and O–H groups in total. The van der Waals surface area contributed by atoms with Crippen molar-refractivity contribution in [2.24, 2.45) is 16.6 Å². The van der Waals surface area contributed by atoms with Gasteiger partial charge >= 0.3 is 0 Å².